The van der Waals surface area contributed by atoms with Gasteiger partial charge in [0, 0.05) is 38.3 Å². The molecule has 0 atom stereocenters. The molecule has 0 unspecified atom stereocenters. The number of carbonyl (C=O) groups is 1. The second-order valence-corrected chi connectivity index (χ2v) is 9.82. The Labute approximate surface area is 238 Å². The molecule has 1 aliphatic rings. The number of amides is 1. The van der Waals surface area contributed by atoms with Crippen molar-refractivity contribution in [2.45, 2.75) is 6.54 Å². The SMILES string of the molecule is C=CCOc1c(Br)cc(C=NNC(=O)c2ccc(CN3CCN(c4ccccc4OC)CC3)cc2)cc1OC. The van der Waals surface area contributed by atoms with Gasteiger partial charge in [0.05, 0.1) is 30.6 Å². The zero-order valence-corrected chi connectivity index (χ0v) is 23.8. The van der Waals surface area contributed by atoms with E-state index in [4.69, 9.17) is 14.2 Å². The molecule has 1 heterocycles. The maximum absolute atomic E-state index is 12.6. The van der Waals surface area contributed by atoms with Crippen LogP contribution < -0.4 is 24.5 Å². The van der Waals surface area contributed by atoms with Gasteiger partial charge in [0.25, 0.3) is 5.91 Å². The van der Waals surface area contributed by atoms with Crippen LogP contribution in [0.25, 0.3) is 0 Å². The minimum Gasteiger partial charge on any atom is -0.495 e. The van der Waals surface area contributed by atoms with Gasteiger partial charge in [-0.15, -0.1) is 0 Å². The summed E-state index contributed by atoms with van der Waals surface area (Å²) in [7, 11) is 3.28. The van der Waals surface area contributed by atoms with Gasteiger partial charge in [0.2, 0.25) is 0 Å². The fourth-order valence-electron chi connectivity index (χ4n) is 4.38. The van der Waals surface area contributed by atoms with Gasteiger partial charge in [0.1, 0.15) is 12.4 Å². The molecule has 204 valence electrons. The number of methoxy groups -OCH3 is 2. The third-order valence-electron chi connectivity index (χ3n) is 6.40. The number of rotatable bonds is 11. The van der Waals surface area contributed by atoms with Crippen LogP contribution in [0.3, 0.4) is 0 Å². The summed E-state index contributed by atoms with van der Waals surface area (Å²) in [5.74, 6) is 1.76. The number of carbonyl (C=O) groups excluding carboxylic acids is 1. The Hall–Kier alpha value is -3.82. The van der Waals surface area contributed by atoms with Crippen molar-refractivity contribution in [3.05, 3.63) is 94.5 Å². The summed E-state index contributed by atoms with van der Waals surface area (Å²) in [5.41, 5.74) is 6.18. The Bertz CT molecular complexity index is 1300. The summed E-state index contributed by atoms with van der Waals surface area (Å²) in [4.78, 5) is 17.4. The third kappa shape index (κ3) is 7.40. The van der Waals surface area contributed by atoms with Crippen molar-refractivity contribution in [3.8, 4) is 17.2 Å². The standard InChI is InChI=1S/C30H33BrN4O4/c1-4-17-39-29-25(31)18-23(19-28(29)38-3)20-32-33-30(36)24-11-9-22(10-12-24)21-34-13-15-35(16-14-34)26-7-5-6-8-27(26)37-2/h4-12,18-20H,1,13-17,21H2,2-3H3,(H,33,36). The number of para-hydroxylation sites is 2. The van der Waals surface area contributed by atoms with E-state index in [1.165, 1.54) is 0 Å². The lowest BCUT2D eigenvalue weighted by molar-refractivity contribution is 0.0955. The molecule has 0 aromatic heterocycles. The molecular formula is C30H33BrN4O4. The van der Waals surface area contributed by atoms with Gasteiger partial charge in [-0.2, -0.15) is 5.10 Å². The van der Waals surface area contributed by atoms with Gasteiger partial charge in [-0.25, -0.2) is 5.43 Å². The molecule has 3 aromatic rings. The second kappa shape index (κ2) is 13.8. The molecule has 0 spiro atoms. The molecule has 3 aromatic carbocycles. The van der Waals surface area contributed by atoms with Gasteiger partial charge in [0.15, 0.2) is 11.5 Å². The van der Waals surface area contributed by atoms with Crippen LogP contribution in [0.4, 0.5) is 5.69 Å². The molecule has 9 heteroatoms. The van der Waals surface area contributed by atoms with E-state index >= 15 is 0 Å². The average molecular weight is 594 g/mol. The molecule has 1 fully saturated rings. The Kier molecular flexibility index (Phi) is 9.99. The molecule has 1 aliphatic heterocycles. The van der Waals surface area contributed by atoms with Crippen molar-refractivity contribution in [1.29, 1.82) is 0 Å². The van der Waals surface area contributed by atoms with Crippen LogP contribution in [-0.2, 0) is 6.54 Å². The van der Waals surface area contributed by atoms with E-state index in [-0.39, 0.29) is 5.91 Å². The summed E-state index contributed by atoms with van der Waals surface area (Å²) in [6.45, 7) is 8.64. The van der Waals surface area contributed by atoms with Gasteiger partial charge in [-0.3, -0.25) is 9.69 Å². The van der Waals surface area contributed by atoms with Crippen molar-refractivity contribution < 1.29 is 19.0 Å². The smallest absolute Gasteiger partial charge is 0.271 e. The minimum atomic E-state index is -0.278. The molecule has 0 saturated carbocycles. The van der Waals surface area contributed by atoms with E-state index in [0.717, 1.165) is 55.3 Å². The van der Waals surface area contributed by atoms with Gasteiger partial charge < -0.3 is 19.1 Å². The Balaban J connectivity index is 1.28. The first-order valence-electron chi connectivity index (χ1n) is 12.7. The molecule has 0 radical (unpaired) electrons. The van der Waals surface area contributed by atoms with Crippen molar-refractivity contribution in [3.63, 3.8) is 0 Å². The van der Waals surface area contributed by atoms with Crippen LogP contribution in [0.2, 0.25) is 0 Å². The highest BCUT2D eigenvalue weighted by atomic mass is 79.9. The average Bonchev–Trinajstić information content (AvgIpc) is 2.97. The number of ether oxygens (including phenoxy) is 3. The fourth-order valence-corrected chi connectivity index (χ4v) is 4.96. The van der Waals surface area contributed by atoms with Crippen LogP contribution >= 0.6 is 15.9 Å². The molecule has 4 rings (SSSR count). The lowest BCUT2D eigenvalue weighted by Crippen LogP contribution is -2.46. The molecule has 1 saturated heterocycles. The highest BCUT2D eigenvalue weighted by Gasteiger charge is 2.19. The quantitative estimate of drug-likeness (QED) is 0.189. The number of hydrogen-bond acceptors (Lipinski definition) is 7. The summed E-state index contributed by atoms with van der Waals surface area (Å²) < 4.78 is 17.3. The number of hydrogen-bond donors (Lipinski definition) is 1. The van der Waals surface area contributed by atoms with Crippen LogP contribution in [0, 0.1) is 0 Å². The zero-order chi connectivity index (χ0) is 27.6. The first-order chi connectivity index (χ1) is 19.0. The number of nitrogens with one attached hydrogen (secondary N) is 1. The molecule has 1 amide bonds. The number of nitrogens with zero attached hydrogens (tertiary/aromatic N) is 3. The van der Waals surface area contributed by atoms with Gasteiger partial charge in [-0.05, 0) is 63.5 Å². The zero-order valence-electron chi connectivity index (χ0n) is 22.2. The number of benzene rings is 3. The number of anilines is 1. The summed E-state index contributed by atoms with van der Waals surface area (Å²) >= 11 is 3.49. The largest absolute Gasteiger partial charge is 0.495 e. The first kappa shape index (κ1) is 28.2. The monoisotopic (exact) mass is 592 g/mol. The van der Waals surface area contributed by atoms with E-state index in [1.54, 1.807) is 32.6 Å². The second-order valence-electron chi connectivity index (χ2n) is 8.96. The van der Waals surface area contributed by atoms with Gasteiger partial charge in [-0.1, -0.05) is 36.9 Å². The topological polar surface area (TPSA) is 75.6 Å². The van der Waals surface area contributed by atoms with E-state index in [0.29, 0.717) is 28.1 Å². The van der Waals surface area contributed by atoms with Crippen LogP contribution in [0.1, 0.15) is 21.5 Å². The number of halogens is 1. The predicted molar refractivity (Wildman–Crippen MR) is 158 cm³/mol. The lowest BCUT2D eigenvalue weighted by atomic mass is 10.1. The van der Waals surface area contributed by atoms with E-state index < -0.39 is 0 Å². The maximum atomic E-state index is 12.6. The van der Waals surface area contributed by atoms with Crippen molar-refractivity contribution >= 4 is 33.7 Å². The highest BCUT2D eigenvalue weighted by Crippen LogP contribution is 2.36. The predicted octanol–water partition coefficient (Wildman–Crippen LogP) is 5.12. The van der Waals surface area contributed by atoms with E-state index in [2.05, 4.69) is 48.9 Å². The lowest BCUT2D eigenvalue weighted by Gasteiger charge is -2.36. The van der Waals surface area contributed by atoms with Crippen molar-refractivity contribution in [2.24, 2.45) is 5.10 Å². The molecule has 1 N–H and O–H groups in total. The molecular weight excluding hydrogens is 560 g/mol. The normalized spacial score (nSPS) is 13.8. The summed E-state index contributed by atoms with van der Waals surface area (Å²) in [5, 5.41) is 4.11. The Morgan fingerprint density at radius 2 is 1.74 bits per heavy atom. The minimum absolute atomic E-state index is 0.278. The molecule has 8 nitrogen and oxygen atoms in total. The fraction of sp³-hybridized carbons (Fsp3) is 0.267. The Morgan fingerprint density at radius 3 is 2.44 bits per heavy atom. The van der Waals surface area contributed by atoms with Crippen molar-refractivity contribution in [1.82, 2.24) is 10.3 Å². The highest BCUT2D eigenvalue weighted by molar-refractivity contribution is 9.10. The summed E-state index contributed by atoms with van der Waals surface area (Å²) in [6, 6.07) is 19.4. The van der Waals surface area contributed by atoms with E-state index in [1.807, 2.05) is 48.5 Å². The third-order valence-corrected chi connectivity index (χ3v) is 6.99. The number of piperazine rings is 1. The molecule has 39 heavy (non-hydrogen) atoms. The molecule has 0 aliphatic carbocycles. The van der Waals surface area contributed by atoms with Crippen molar-refractivity contribution in [2.75, 3.05) is 51.9 Å². The summed E-state index contributed by atoms with van der Waals surface area (Å²) in [6.07, 6.45) is 3.22. The van der Waals surface area contributed by atoms with Gasteiger partial charge >= 0.3 is 0 Å². The Morgan fingerprint density at radius 1 is 1.03 bits per heavy atom. The van der Waals surface area contributed by atoms with Crippen LogP contribution in [0.5, 0.6) is 17.2 Å². The number of hydrazone groups is 1. The van der Waals surface area contributed by atoms with Crippen LogP contribution in [0.15, 0.2) is 82.9 Å². The molecule has 0 bridgehead atoms. The van der Waals surface area contributed by atoms with Crippen LogP contribution in [-0.4, -0.2) is 64.0 Å². The first-order valence-corrected chi connectivity index (χ1v) is 13.5. The maximum Gasteiger partial charge on any atom is 0.271 e. The van der Waals surface area contributed by atoms with E-state index in [9.17, 15) is 4.79 Å².